The van der Waals surface area contributed by atoms with Crippen molar-refractivity contribution in [1.29, 1.82) is 0 Å². The van der Waals surface area contributed by atoms with E-state index in [2.05, 4.69) is 0 Å². The number of nitrogens with two attached hydrogens (primary N) is 1. The summed E-state index contributed by atoms with van der Waals surface area (Å²) in [6, 6.07) is 6.06. The van der Waals surface area contributed by atoms with E-state index in [4.69, 9.17) is 15.3 Å². The maximum atomic E-state index is 13.3. The largest absolute Gasteiger partial charge is 0.475 e. The lowest BCUT2D eigenvalue weighted by atomic mass is 10.3. The van der Waals surface area contributed by atoms with Gasteiger partial charge in [0.2, 0.25) is 5.76 Å². The number of benzene rings is 1. The fraction of sp³-hybridized carbons (Fsp3) is 0.154. The predicted molar refractivity (Wildman–Crippen MR) is 70.8 cm³/mol. The third kappa shape index (κ3) is 3.08. The highest BCUT2D eigenvalue weighted by molar-refractivity contribution is 7.98. The number of hydrogen-bond donors (Lipinski definition) is 2. The first-order valence-electron chi connectivity index (χ1n) is 5.48. The summed E-state index contributed by atoms with van der Waals surface area (Å²) in [6.45, 7) is 1.70. The molecule has 0 radical (unpaired) electrons. The Kier molecular flexibility index (Phi) is 3.80. The Bertz CT molecular complexity index is 624. The van der Waals surface area contributed by atoms with Gasteiger partial charge in [-0.2, -0.15) is 0 Å². The second-order valence-electron chi connectivity index (χ2n) is 3.97. The lowest BCUT2D eigenvalue weighted by molar-refractivity contribution is 0.0661. The summed E-state index contributed by atoms with van der Waals surface area (Å²) in [5.74, 6) is -0.582. The van der Waals surface area contributed by atoms with Crippen LogP contribution >= 0.6 is 11.8 Å². The van der Waals surface area contributed by atoms with E-state index < -0.39 is 11.8 Å². The second-order valence-corrected chi connectivity index (χ2v) is 5.02. The van der Waals surface area contributed by atoms with Crippen molar-refractivity contribution in [2.45, 2.75) is 17.6 Å². The summed E-state index contributed by atoms with van der Waals surface area (Å²) in [5.41, 5.74) is 6.28. The lowest BCUT2D eigenvalue weighted by Crippen LogP contribution is -1.92. The van der Waals surface area contributed by atoms with Crippen molar-refractivity contribution in [1.82, 2.24) is 0 Å². The molecule has 0 unspecified atom stereocenters. The molecule has 0 atom stereocenters. The molecule has 4 nitrogen and oxygen atoms in total. The van der Waals surface area contributed by atoms with Gasteiger partial charge in [0.25, 0.3) is 0 Å². The molecular weight excluding hydrogens is 269 g/mol. The minimum absolute atomic E-state index is 0.0865. The SMILES string of the molecule is Cc1oc(C(=O)O)cc1CSc1ccc(N)c(F)c1. The Morgan fingerprint density at radius 1 is 1.47 bits per heavy atom. The minimum Gasteiger partial charge on any atom is -0.475 e. The molecule has 0 aliphatic heterocycles. The zero-order valence-corrected chi connectivity index (χ0v) is 11.0. The number of carboxylic acid groups (broad SMARTS) is 1. The van der Waals surface area contributed by atoms with E-state index in [1.807, 2.05) is 0 Å². The molecule has 3 N–H and O–H groups in total. The highest BCUT2D eigenvalue weighted by atomic mass is 32.2. The number of rotatable bonds is 4. The molecule has 2 aromatic rings. The van der Waals surface area contributed by atoms with Gasteiger partial charge in [0, 0.05) is 16.2 Å². The second kappa shape index (κ2) is 5.36. The van der Waals surface area contributed by atoms with Crippen molar-refractivity contribution < 1.29 is 18.7 Å². The Balaban J connectivity index is 2.09. The van der Waals surface area contributed by atoms with Crippen LogP contribution in [0.5, 0.6) is 0 Å². The summed E-state index contributed by atoms with van der Waals surface area (Å²) in [4.78, 5) is 11.5. The van der Waals surface area contributed by atoms with Crippen LogP contribution in [0.15, 0.2) is 33.6 Å². The van der Waals surface area contributed by atoms with Gasteiger partial charge in [-0.25, -0.2) is 9.18 Å². The van der Waals surface area contributed by atoms with Crippen LogP contribution in [0, 0.1) is 12.7 Å². The topological polar surface area (TPSA) is 76.5 Å². The third-order valence-electron chi connectivity index (χ3n) is 2.60. The first-order valence-corrected chi connectivity index (χ1v) is 6.46. The van der Waals surface area contributed by atoms with Crippen LogP contribution in [0.25, 0.3) is 0 Å². The van der Waals surface area contributed by atoms with Crippen molar-refractivity contribution in [3.63, 3.8) is 0 Å². The predicted octanol–water partition coefficient (Wildman–Crippen LogP) is 3.30. The molecule has 100 valence electrons. The van der Waals surface area contributed by atoms with Gasteiger partial charge < -0.3 is 15.3 Å². The number of anilines is 1. The zero-order chi connectivity index (χ0) is 14.0. The van der Waals surface area contributed by atoms with Crippen molar-refractivity contribution in [3.8, 4) is 0 Å². The van der Waals surface area contributed by atoms with E-state index in [0.29, 0.717) is 11.5 Å². The van der Waals surface area contributed by atoms with E-state index in [1.54, 1.807) is 13.0 Å². The fourth-order valence-corrected chi connectivity index (χ4v) is 2.49. The smallest absolute Gasteiger partial charge is 0.371 e. The van der Waals surface area contributed by atoms with Crippen LogP contribution in [0.2, 0.25) is 0 Å². The van der Waals surface area contributed by atoms with Gasteiger partial charge in [-0.3, -0.25) is 0 Å². The van der Waals surface area contributed by atoms with Gasteiger partial charge in [0.05, 0.1) is 5.69 Å². The van der Waals surface area contributed by atoms with Crippen LogP contribution in [0.4, 0.5) is 10.1 Å². The number of hydrogen-bond acceptors (Lipinski definition) is 4. The van der Waals surface area contributed by atoms with Crippen molar-refractivity contribution in [2.24, 2.45) is 0 Å². The molecule has 0 aliphatic rings. The van der Waals surface area contributed by atoms with Gasteiger partial charge in [0.1, 0.15) is 11.6 Å². The average Bonchev–Trinajstić information content (AvgIpc) is 2.73. The molecule has 0 saturated carbocycles. The lowest BCUT2D eigenvalue weighted by Gasteiger charge is -2.02. The molecule has 1 aromatic carbocycles. The van der Waals surface area contributed by atoms with Gasteiger partial charge in [-0.15, -0.1) is 11.8 Å². The number of halogens is 1. The van der Waals surface area contributed by atoms with E-state index in [1.165, 1.54) is 30.0 Å². The number of aromatic carboxylic acids is 1. The van der Waals surface area contributed by atoms with E-state index >= 15 is 0 Å². The number of thioether (sulfide) groups is 1. The van der Waals surface area contributed by atoms with Gasteiger partial charge in [0.15, 0.2) is 0 Å². The number of carboxylic acids is 1. The van der Waals surface area contributed by atoms with E-state index in [-0.39, 0.29) is 11.4 Å². The van der Waals surface area contributed by atoms with Gasteiger partial charge >= 0.3 is 5.97 Å². The van der Waals surface area contributed by atoms with Gasteiger partial charge in [-0.05, 0) is 31.2 Å². The number of carbonyl (C=O) groups is 1. The van der Waals surface area contributed by atoms with Crippen molar-refractivity contribution >= 4 is 23.4 Å². The van der Waals surface area contributed by atoms with Crippen LogP contribution < -0.4 is 5.73 Å². The summed E-state index contributed by atoms with van der Waals surface area (Å²) in [7, 11) is 0. The van der Waals surface area contributed by atoms with Crippen LogP contribution in [0.3, 0.4) is 0 Å². The Hall–Kier alpha value is -1.95. The van der Waals surface area contributed by atoms with Gasteiger partial charge in [-0.1, -0.05) is 0 Å². The molecule has 0 fully saturated rings. The third-order valence-corrected chi connectivity index (χ3v) is 3.64. The van der Waals surface area contributed by atoms with Crippen LogP contribution in [-0.2, 0) is 5.75 Å². The molecule has 6 heteroatoms. The molecule has 2 rings (SSSR count). The molecule has 0 saturated heterocycles. The molecule has 19 heavy (non-hydrogen) atoms. The molecule has 0 bridgehead atoms. The summed E-state index contributed by atoms with van der Waals surface area (Å²) < 4.78 is 18.4. The molecule has 0 amide bonds. The maximum Gasteiger partial charge on any atom is 0.371 e. The zero-order valence-electron chi connectivity index (χ0n) is 10.1. The standard InChI is InChI=1S/C13H12FNO3S/c1-7-8(4-12(18-7)13(16)17)6-19-9-2-3-11(15)10(14)5-9/h2-5H,6,15H2,1H3,(H,16,17). The first-order chi connectivity index (χ1) is 8.97. The molecule has 0 aliphatic carbocycles. The molecule has 0 spiro atoms. The first kappa shape index (κ1) is 13.5. The minimum atomic E-state index is -1.10. The Morgan fingerprint density at radius 3 is 2.79 bits per heavy atom. The number of furan rings is 1. The Morgan fingerprint density at radius 2 is 2.21 bits per heavy atom. The fourth-order valence-electron chi connectivity index (χ4n) is 1.53. The van der Waals surface area contributed by atoms with Crippen molar-refractivity contribution in [2.75, 3.05) is 5.73 Å². The highest BCUT2D eigenvalue weighted by Gasteiger charge is 2.13. The summed E-state index contributed by atoms with van der Waals surface area (Å²) in [5, 5.41) is 8.81. The average molecular weight is 281 g/mol. The summed E-state index contributed by atoms with van der Waals surface area (Å²) >= 11 is 1.39. The van der Waals surface area contributed by atoms with E-state index in [0.717, 1.165) is 10.5 Å². The molecule has 1 aromatic heterocycles. The van der Waals surface area contributed by atoms with Crippen molar-refractivity contribution in [3.05, 3.63) is 47.2 Å². The molecule has 1 heterocycles. The number of nitrogen functional groups attached to an aromatic ring is 1. The normalized spacial score (nSPS) is 10.6. The number of aryl methyl sites for hydroxylation is 1. The monoisotopic (exact) mass is 281 g/mol. The van der Waals surface area contributed by atoms with Crippen LogP contribution in [0.1, 0.15) is 21.9 Å². The Labute approximate surface area is 113 Å². The summed E-state index contributed by atoms with van der Waals surface area (Å²) in [6.07, 6.45) is 0. The quantitative estimate of drug-likeness (QED) is 0.664. The molecular formula is C13H12FNO3S. The van der Waals surface area contributed by atoms with E-state index in [9.17, 15) is 9.18 Å². The highest BCUT2D eigenvalue weighted by Crippen LogP contribution is 2.27. The van der Waals surface area contributed by atoms with Crippen LogP contribution in [-0.4, -0.2) is 11.1 Å². The maximum absolute atomic E-state index is 13.3.